The topological polar surface area (TPSA) is 110 Å². The summed E-state index contributed by atoms with van der Waals surface area (Å²) in [6.45, 7) is 1.07. The van der Waals surface area contributed by atoms with Crippen molar-refractivity contribution in [2.24, 2.45) is 0 Å². The summed E-state index contributed by atoms with van der Waals surface area (Å²) in [6, 6.07) is 11.9. The van der Waals surface area contributed by atoms with Gasteiger partial charge in [0, 0.05) is 37.0 Å². The second-order valence-electron chi connectivity index (χ2n) is 7.01. The summed E-state index contributed by atoms with van der Waals surface area (Å²) in [5, 5.41) is 13.3. The molecule has 9 heteroatoms. The van der Waals surface area contributed by atoms with Crippen molar-refractivity contribution in [2.75, 3.05) is 18.4 Å². The number of rotatable bonds is 6. The van der Waals surface area contributed by atoms with Crippen molar-refractivity contribution in [3.63, 3.8) is 0 Å². The lowest BCUT2D eigenvalue weighted by molar-refractivity contribution is -0.384. The third kappa shape index (κ3) is 5.52. The first-order valence-corrected chi connectivity index (χ1v) is 11.1. The van der Waals surface area contributed by atoms with Gasteiger partial charge in [-0.3, -0.25) is 14.9 Å². The average Bonchev–Trinajstić information content (AvgIpc) is 3.03. The number of sulfonamides is 1. The van der Waals surface area contributed by atoms with E-state index in [0.29, 0.717) is 24.3 Å². The van der Waals surface area contributed by atoms with Gasteiger partial charge in [-0.05, 0) is 60.9 Å². The van der Waals surface area contributed by atoms with E-state index in [1.54, 1.807) is 24.3 Å². The van der Waals surface area contributed by atoms with Gasteiger partial charge in [0.15, 0.2) is 0 Å². The number of hydrogen-bond acceptors (Lipinski definition) is 5. The van der Waals surface area contributed by atoms with Crippen LogP contribution in [0.4, 0.5) is 11.4 Å². The van der Waals surface area contributed by atoms with Crippen LogP contribution in [0.3, 0.4) is 0 Å². The Morgan fingerprint density at radius 3 is 2.13 bits per heavy atom. The molecule has 0 saturated carbocycles. The van der Waals surface area contributed by atoms with Gasteiger partial charge >= 0.3 is 0 Å². The average molecular weight is 429 g/mol. The van der Waals surface area contributed by atoms with Crippen LogP contribution in [0.15, 0.2) is 59.5 Å². The molecule has 1 saturated heterocycles. The number of anilines is 1. The Balaban J connectivity index is 1.62. The zero-order chi connectivity index (χ0) is 21.6. The van der Waals surface area contributed by atoms with E-state index in [1.165, 1.54) is 40.7 Å². The highest BCUT2D eigenvalue weighted by atomic mass is 32.2. The van der Waals surface area contributed by atoms with Gasteiger partial charge in [-0.2, -0.15) is 4.31 Å². The predicted octanol–water partition coefficient (Wildman–Crippen LogP) is 3.81. The van der Waals surface area contributed by atoms with Crippen molar-refractivity contribution < 1.29 is 18.1 Å². The largest absolute Gasteiger partial charge is 0.323 e. The molecule has 3 rings (SSSR count). The minimum Gasteiger partial charge on any atom is -0.323 e. The number of nitrogens with one attached hydrogen (secondary N) is 1. The van der Waals surface area contributed by atoms with Gasteiger partial charge < -0.3 is 5.32 Å². The lowest BCUT2D eigenvalue weighted by Crippen LogP contribution is -2.31. The van der Waals surface area contributed by atoms with E-state index in [-0.39, 0.29) is 10.6 Å². The van der Waals surface area contributed by atoms with Crippen LogP contribution in [0.5, 0.6) is 0 Å². The molecule has 1 aliphatic rings. The standard InChI is InChI=1S/C21H23N3O5S/c25-21(14-7-17-5-10-19(11-6-17)24(26)27)22-18-8-12-20(13-9-18)30(28,29)23-15-3-1-2-4-16-23/h5-14H,1-4,15-16H2,(H,22,25)/b14-7+. The molecular weight excluding hydrogens is 406 g/mol. The van der Waals surface area contributed by atoms with Crippen LogP contribution in [0.2, 0.25) is 0 Å². The van der Waals surface area contributed by atoms with E-state index in [0.717, 1.165) is 25.7 Å². The van der Waals surface area contributed by atoms with Crippen molar-refractivity contribution in [3.8, 4) is 0 Å². The number of carbonyl (C=O) groups is 1. The summed E-state index contributed by atoms with van der Waals surface area (Å²) < 4.78 is 27.1. The highest BCUT2D eigenvalue weighted by Gasteiger charge is 2.24. The molecule has 1 aliphatic heterocycles. The molecule has 0 aliphatic carbocycles. The third-order valence-corrected chi connectivity index (χ3v) is 6.77. The molecule has 0 aromatic heterocycles. The van der Waals surface area contributed by atoms with Gasteiger partial charge in [-0.25, -0.2) is 8.42 Å². The quantitative estimate of drug-likeness (QED) is 0.427. The first-order chi connectivity index (χ1) is 14.4. The van der Waals surface area contributed by atoms with Crippen LogP contribution in [0.1, 0.15) is 31.2 Å². The summed E-state index contributed by atoms with van der Waals surface area (Å²) in [6.07, 6.45) is 6.68. The van der Waals surface area contributed by atoms with Crippen molar-refractivity contribution in [1.82, 2.24) is 4.31 Å². The summed E-state index contributed by atoms with van der Waals surface area (Å²) in [4.78, 5) is 22.5. The lowest BCUT2D eigenvalue weighted by Gasteiger charge is -2.20. The minimum absolute atomic E-state index is 0.0215. The number of carbonyl (C=O) groups excluding carboxylic acids is 1. The predicted molar refractivity (Wildman–Crippen MR) is 114 cm³/mol. The van der Waals surface area contributed by atoms with Gasteiger partial charge in [0.25, 0.3) is 5.69 Å². The van der Waals surface area contributed by atoms with Crippen LogP contribution < -0.4 is 5.32 Å². The van der Waals surface area contributed by atoms with Crippen LogP contribution in [-0.2, 0) is 14.8 Å². The zero-order valence-electron chi connectivity index (χ0n) is 16.4. The molecule has 30 heavy (non-hydrogen) atoms. The fraction of sp³-hybridized carbons (Fsp3) is 0.286. The molecule has 2 aromatic rings. The number of nitro groups is 1. The molecule has 1 heterocycles. The fourth-order valence-corrected chi connectivity index (χ4v) is 4.72. The molecular formula is C21H23N3O5S. The molecule has 1 fully saturated rings. The van der Waals surface area contributed by atoms with Crippen molar-refractivity contribution >= 4 is 33.4 Å². The van der Waals surface area contributed by atoms with Crippen LogP contribution in [0, 0.1) is 10.1 Å². The number of nitro benzene ring substituents is 1. The Morgan fingerprint density at radius 2 is 1.57 bits per heavy atom. The Bertz CT molecular complexity index is 1020. The number of benzene rings is 2. The zero-order valence-corrected chi connectivity index (χ0v) is 17.2. The second kappa shape index (κ2) is 9.64. The van der Waals surface area contributed by atoms with Crippen molar-refractivity contribution in [2.45, 2.75) is 30.6 Å². The fourth-order valence-electron chi connectivity index (χ4n) is 3.20. The molecule has 1 N–H and O–H groups in total. The monoisotopic (exact) mass is 429 g/mol. The number of hydrogen-bond donors (Lipinski definition) is 1. The first kappa shape index (κ1) is 21.7. The molecule has 0 bridgehead atoms. The van der Waals surface area contributed by atoms with Crippen molar-refractivity contribution in [1.29, 1.82) is 0 Å². The van der Waals surface area contributed by atoms with E-state index in [1.807, 2.05) is 0 Å². The summed E-state index contributed by atoms with van der Waals surface area (Å²) in [5.74, 6) is -0.392. The first-order valence-electron chi connectivity index (χ1n) is 9.70. The number of amides is 1. The molecule has 0 radical (unpaired) electrons. The van der Waals surface area contributed by atoms with Crippen LogP contribution in [0.25, 0.3) is 6.08 Å². The molecule has 0 unspecified atom stereocenters. The number of non-ortho nitro benzene ring substituents is 1. The third-order valence-electron chi connectivity index (χ3n) is 4.86. The smallest absolute Gasteiger partial charge is 0.269 e. The van der Waals surface area contributed by atoms with Gasteiger partial charge in [0.05, 0.1) is 9.82 Å². The normalized spacial score (nSPS) is 15.6. The lowest BCUT2D eigenvalue weighted by atomic mass is 10.2. The molecule has 158 valence electrons. The van der Waals surface area contributed by atoms with Gasteiger partial charge in [0.1, 0.15) is 0 Å². The van der Waals surface area contributed by atoms with E-state index in [2.05, 4.69) is 5.32 Å². The van der Waals surface area contributed by atoms with Crippen LogP contribution in [-0.4, -0.2) is 36.6 Å². The summed E-state index contributed by atoms with van der Waals surface area (Å²) >= 11 is 0. The summed E-state index contributed by atoms with van der Waals surface area (Å²) in [5.41, 5.74) is 1.10. The van der Waals surface area contributed by atoms with Gasteiger partial charge in [-0.1, -0.05) is 12.8 Å². The van der Waals surface area contributed by atoms with E-state index in [9.17, 15) is 23.3 Å². The van der Waals surface area contributed by atoms with Gasteiger partial charge in [-0.15, -0.1) is 0 Å². The molecule has 0 atom stereocenters. The molecule has 2 aromatic carbocycles. The Hall–Kier alpha value is -3.04. The maximum atomic E-state index is 12.8. The second-order valence-corrected chi connectivity index (χ2v) is 8.95. The number of nitrogens with zero attached hydrogens (tertiary/aromatic N) is 2. The Labute approximate surface area is 175 Å². The summed E-state index contributed by atoms with van der Waals surface area (Å²) in [7, 11) is -3.53. The minimum atomic E-state index is -3.53. The van der Waals surface area contributed by atoms with E-state index in [4.69, 9.17) is 0 Å². The van der Waals surface area contributed by atoms with Gasteiger partial charge in [0.2, 0.25) is 15.9 Å². The SMILES string of the molecule is O=C(/C=C/c1ccc([N+](=O)[O-])cc1)Nc1ccc(S(=O)(=O)N2CCCCCC2)cc1. The van der Waals surface area contributed by atoms with E-state index < -0.39 is 20.9 Å². The maximum absolute atomic E-state index is 12.8. The highest BCUT2D eigenvalue weighted by molar-refractivity contribution is 7.89. The maximum Gasteiger partial charge on any atom is 0.269 e. The highest BCUT2D eigenvalue weighted by Crippen LogP contribution is 2.22. The van der Waals surface area contributed by atoms with E-state index >= 15 is 0 Å². The molecule has 8 nitrogen and oxygen atoms in total. The van der Waals surface area contributed by atoms with Crippen molar-refractivity contribution in [3.05, 3.63) is 70.3 Å². The molecule has 1 amide bonds. The Kier molecular flexibility index (Phi) is 6.96. The molecule has 0 spiro atoms. The van der Waals surface area contributed by atoms with Crippen LogP contribution >= 0.6 is 0 Å². The Morgan fingerprint density at radius 1 is 0.967 bits per heavy atom.